The van der Waals surface area contributed by atoms with E-state index >= 15 is 0 Å². The summed E-state index contributed by atoms with van der Waals surface area (Å²) in [5.74, 6) is 0. The second-order valence-corrected chi connectivity index (χ2v) is 2.18. The van der Waals surface area contributed by atoms with Gasteiger partial charge in [0.05, 0.1) is 6.10 Å². The van der Waals surface area contributed by atoms with Gasteiger partial charge >= 0.3 is 7.12 Å². The van der Waals surface area contributed by atoms with E-state index in [0.29, 0.717) is 5.47 Å². The van der Waals surface area contributed by atoms with Crippen LogP contribution in [-0.2, 0) is 4.65 Å². The van der Waals surface area contributed by atoms with Crippen LogP contribution in [-0.4, -0.2) is 18.2 Å². The molecule has 0 aromatic carbocycles. The molecule has 1 saturated heterocycles. The van der Waals surface area contributed by atoms with Crippen molar-refractivity contribution in [3.63, 3.8) is 0 Å². The second-order valence-electron chi connectivity index (χ2n) is 2.18. The highest BCUT2D eigenvalue weighted by molar-refractivity contribution is 6.55. The van der Waals surface area contributed by atoms with Crippen LogP contribution in [0.5, 0.6) is 0 Å². The first-order valence-electron chi connectivity index (χ1n) is 2.84. The van der Waals surface area contributed by atoms with Crippen LogP contribution in [0.1, 0.15) is 6.92 Å². The third-order valence-electron chi connectivity index (χ3n) is 1.53. The summed E-state index contributed by atoms with van der Waals surface area (Å²) in [7, 11) is -0.826. The van der Waals surface area contributed by atoms with Crippen molar-refractivity contribution in [3.05, 3.63) is 24.2 Å². The number of hydrogen-bond acceptors (Lipinski definition) is 2. The molecule has 0 radical (unpaired) electrons. The average Bonchev–Trinajstić information content (AvgIpc) is 1.98. The Labute approximate surface area is 55.0 Å². The van der Waals surface area contributed by atoms with Crippen molar-refractivity contribution < 1.29 is 9.68 Å². The molecular weight excluding hydrogens is 115 g/mol. The van der Waals surface area contributed by atoms with Crippen molar-refractivity contribution in [2.75, 3.05) is 0 Å². The lowest BCUT2D eigenvalue weighted by Gasteiger charge is -2.00. The first-order chi connectivity index (χ1) is 4.13. The monoisotopic (exact) mass is 124 g/mol. The fourth-order valence-electron chi connectivity index (χ4n) is 0.777. The highest BCUT2D eigenvalue weighted by atomic mass is 16.5. The van der Waals surface area contributed by atoms with E-state index in [2.05, 4.69) is 13.2 Å². The van der Waals surface area contributed by atoms with Gasteiger partial charge in [-0.3, -0.25) is 0 Å². The summed E-state index contributed by atoms with van der Waals surface area (Å²) in [6.45, 7) is 9.11. The molecule has 1 unspecified atom stereocenters. The van der Waals surface area contributed by atoms with Gasteiger partial charge in [0, 0.05) is 0 Å². The quantitative estimate of drug-likeness (QED) is 0.477. The Bertz CT molecular complexity index is 146. The summed E-state index contributed by atoms with van der Waals surface area (Å²) in [6, 6.07) is 0. The fraction of sp³-hybridized carbons (Fsp3) is 0.333. The van der Waals surface area contributed by atoms with Gasteiger partial charge in [-0.2, -0.15) is 0 Å². The molecule has 1 rings (SSSR count). The van der Waals surface area contributed by atoms with Gasteiger partial charge in [-0.15, -0.1) is 0 Å². The lowest BCUT2D eigenvalue weighted by atomic mass is 9.79. The van der Waals surface area contributed by atoms with Crippen LogP contribution in [0.25, 0.3) is 0 Å². The van der Waals surface area contributed by atoms with Crippen molar-refractivity contribution in [2.24, 2.45) is 0 Å². The predicted octanol–water partition coefficient (Wildman–Crippen LogP) is 0.537. The maximum atomic E-state index is 8.96. The zero-order valence-electron chi connectivity index (χ0n) is 5.42. The number of hydrogen-bond donors (Lipinski definition) is 1. The van der Waals surface area contributed by atoms with Crippen molar-refractivity contribution in [1.82, 2.24) is 0 Å². The maximum absolute atomic E-state index is 8.96. The Morgan fingerprint density at radius 2 is 2.22 bits per heavy atom. The lowest BCUT2D eigenvalue weighted by Crippen LogP contribution is -2.13. The molecule has 1 heterocycles. The van der Waals surface area contributed by atoms with E-state index in [9.17, 15) is 0 Å². The van der Waals surface area contributed by atoms with E-state index < -0.39 is 7.12 Å². The SMILES string of the molecule is C=C1B(O)OC(C)C1=C. The van der Waals surface area contributed by atoms with Crippen molar-refractivity contribution in [2.45, 2.75) is 13.0 Å². The van der Waals surface area contributed by atoms with Crippen molar-refractivity contribution >= 4 is 7.12 Å². The normalized spacial score (nSPS) is 27.8. The van der Waals surface area contributed by atoms with Crippen LogP contribution < -0.4 is 0 Å². The van der Waals surface area contributed by atoms with E-state index in [1.807, 2.05) is 6.92 Å². The summed E-state index contributed by atoms with van der Waals surface area (Å²) in [6.07, 6.45) is -0.0764. The standard InChI is InChI=1S/C6H9BO2/c1-4-5(2)7(8)9-6(4)3/h6,8H,1-2H2,3H3. The zero-order valence-corrected chi connectivity index (χ0v) is 5.42. The van der Waals surface area contributed by atoms with Gasteiger partial charge in [-0.1, -0.05) is 13.2 Å². The fourth-order valence-corrected chi connectivity index (χ4v) is 0.777. The second kappa shape index (κ2) is 2.01. The predicted molar refractivity (Wildman–Crippen MR) is 36.8 cm³/mol. The first-order valence-corrected chi connectivity index (χ1v) is 2.84. The van der Waals surface area contributed by atoms with Gasteiger partial charge in [-0.25, -0.2) is 0 Å². The molecule has 0 saturated carbocycles. The highest BCUT2D eigenvalue weighted by Gasteiger charge is 2.32. The molecule has 0 aromatic rings. The zero-order chi connectivity index (χ0) is 7.02. The summed E-state index contributed by atoms with van der Waals surface area (Å²) in [5.41, 5.74) is 1.39. The molecular formula is C6H9BO2. The van der Waals surface area contributed by atoms with Gasteiger partial charge in [0.2, 0.25) is 0 Å². The van der Waals surface area contributed by atoms with Gasteiger partial charge in [-0.05, 0) is 18.0 Å². The molecule has 1 atom stereocenters. The van der Waals surface area contributed by atoms with Crippen LogP contribution in [0.2, 0.25) is 0 Å². The maximum Gasteiger partial charge on any atom is 0.491 e. The minimum absolute atomic E-state index is 0.0764. The lowest BCUT2D eigenvalue weighted by molar-refractivity contribution is 0.242. The minimum Gasteiger partial charge on any atom is -0.423 e. The molecule has 48 valence electrons. The van der Waals surface area contributed by atoms with Crippen LogP contribution in [0.3, 0.4) is 0 Å². The molecule has 0 aliphatic carbocycles. The van der Waals surface area contributed by atoms with E-state index in [1.54, 1.807) is 0 Å². The average molecular weight is 124 g/mol. The molecule has 1 aliphatic heterocycles. The van der Waals surface area contributed by atoms with E-state index in [-0.39, 0.29) is 6.10 Å². The Morgan fingerprint density at radius 1 is 1.67 bits per heavy atom. The Balaban J connectivity index is 2.77. The number of rotatable bonds is 0. The third-order valence-corrected chi connectivity index (χ3v) is 1.53. The third kappa shape index (κ3) is 0.932. The summed E-state index contributed by atoms with van der Waals surface area (Å²) in [5, 5.41) is 8.96. The molecule has 1 N–H and O–H groups in total. The Kier molecular flexibility index (Phi) is 1.47. The van der Waals surface area contributed by atoms with Crippen LogP contribution in [0, 0.1) is 0 Å². The largest absolute Gasteiger partial charge is 0.491 e. The molecule has 2 nitrogen and oxygen atoms in total. The highest BCUT2D eigenvalue weighted by Crippen LogP contribution is 2.23. The Hall–Kier alpha value is -0.535. The van der Waals surface area contributed by atoms with Gasteiger partial charge in [0.25, 0.3) is 0 Å². The van der Waals surface area contributed by atoms with Gasteiger partial charge in [0.1, 0.15) is 0 Å². The summed E-state index contributed by atoms with van der Waals surface area (Å²) >= 11 is 0. The smallest absolute Gasteiger partial charge is 0.423 e. The molecule has 0 spiro atoms. The minimum atomic E-state index is -0.826. The van der Waals surface area contributed by atoms with Gasteiger partial charge in [0.15, 0.2) is 0 Å². The molecule has 0 bridgehead atoms. The van der Waals surface area contributed by atoms with Crippen LogP contribution in [0.4, 0.5) is 0 Å². The molecule has 9 heavy (non-hydrogen) atoms. The van der Waals surface area contributed by atoms with Gasteiger partial charge < -0.3 is 9.68 Å². The molecule has 3 heteroatoms. The van der Waals surface area contributed by atoms with Crippen LogP contribution in [0.15, 0.2) is 24.2 Å². The summed E-state index contributed by atoms with van der Waals surface area (Å²) in [4.78, 5) is 0. The molecule has 1 aliphatic rings. The summed E-state index contributed by atoms with van der Waals surface area (Å²) < 4.78 is 4.94. The topological polar surface area (TPSA) is 29.5 Å². The Morgan fingerprint density at radius 3 is 2.33 bits per heavy atom. The molecule has 0 aromatic heterocycles. The van der Waals surface area contributed by atoms with Crippen LogP contribution >= 0.6 is 0 Å². The molecule has 0 amide bonds. The first kappa shape index (κ1) is 6.58. The van der Waals surface area contributed by atoms with Crippen molar-refractivity contribution in [1.29, 1.82) is 0 Å². The molecule has 1 fully saturated rings. The van der Waals surface area contributed by atoms with E-state index in [4.69, 9.17) is 9.68 Å². The van der Waals surface area contributed by atoms with E-state index in [1.165, 1.54) is 0 Å². The van der Waals surface area contributed by atoms with E-state index in [0.717, 1.165) is 5.57 Å². The van der Waals surface area contributed by atoms with Crippen molar-refractivity contribution in [3.8, 4) is 0 Å².